The number of rotatable bonds is 4. The zero-order valence-corrected chi connectivity index (χ0v) is 15.9. The number of benzene rings is 1. The van der Waals surface area contributed by atoms with Crippen LogP contribution in [-0.2, 0) is 9.53 Å². The Morgan fingerprint density at radius 2 is 1.77 bits per heavy atom. The summed E-state index contributed by atoms with van der Waals surface area (Å²) in [5.74, 6) is -7.98. The summed E-state index contributed by atoms with van der Waals surface area (Å²) in [4.78, 5) is 36.5. The van der Waals surface area contributed by atoms with Crippen LogP contribution in [0.15, 0.2) is 11.0 Å². The lowest BCUT2D eigenvalue weighted by atomic mass is 10.1. The number of hydrogen-bond acceptors (Lipinski definition) is 5. The van der Waals surface area contributed by atoms with Gasteiger partial charge in [0.2, 0.25) is 11.2 Å². The molecule has 1 aromatic carbocycles. The van der Waals surface area contributed by atoms with Crippen LogP contribution >= 0.6 is 0 Å². The fraction of sp³-hybridized carbons (Fsp3) is 0.389. The molecule has 30 heavy (non-hydrogen) atoms. The Morgan fingerprint density at radius 1 is 1.17 bits per heavy atom. The van der Waals surface area contributed by atoms with Crippen molar-refractivity contribution in [1.82, 2.24) is 4.57 Å². The number of methoxy groups -OCH3 is 2. The minimum Gasteiger partial charge on any atom is -0.491 e. The van der Waals surface area contributed by atoms with Gasteiger partial charge in [-0.3, -0.25) is 9.59 Å². The molecule has 1 fully saturated rings. The van der Waals surface area contributed by atoms with Gasteiger partial charge in [0.25, 0.3) is 0 Å². The van der Waals surface area contributed by atoms with Gasteiger partial charge in [-0.25, -0.2) is 9.18 Å². The van der Waals surface area contributed by atoms with Crippen LogP contribution in [0.2, 0.25) is 0 Å². The zero-order valence-electron chi connectivity index (χ0n) is 15.9. The van der Waals surface area contributed by atoms with Gasteiger partial charge in [0.1, 0.15) is 11.1 Å². The predicted octanol–water partition coefficient (Wildman–Crippen LogP) is 2.93. The van der Waals surface area contributed by atoms with Gasteiger partial charge in [-0.15, -0.1) is 0 Å². The van der Waals surface area contributed by atoms with Crippen LogP contribution in [0.1, 0.15) is 29.2 Å². The van der Waals surface area contributed by atoms with Gasteiger partial charge in [0.15, 0.2) is 11.6 Å². The fourth-order valence-electron chi connectivity index (χ4n) is 3.19. The quantitative estimate of drug-likeness (QED) is 0.546. The number of esters is 1. The Hall–Kier alpha value is -3.18. The van der Waals surface area contributed by atoms with Crippen molar-refractivity contribution in [1.29, 1.82) is 0 Å². The van der Waals surface area contributed by atoms with E-state index in [2.05, 4.69) is 4.74 Å². The molecular formula is C18H15F5N2O5. The van der Waals surface area contributed by atoms with Crippen molar-refractivity contribution >= 4 is 28.5 Å². The highest BCUT2D eigenvalue weighted by Gasteiger charge is 2.44. The number of pyridine rings is 1. The highest BCUT2D eigenvalue weighted by molar-refractivity contribution is 6.08. The fourth-order valence-corrected chi connectivity index (χ4v) is 3.19. The number of aromatic nitrogens is 1. The van der Waals surface area contributed by atoms with Gasteiger partial charge in [0.05, 0.1) is 25.3 Å². The predicted molar refractivity (Wildman–Crippen MR) is 93.8 cm³/mol. The van der Waals surface area contributed by atoms with E-state index in [1.807, 2.05) is 0 Å². The van der Waals surface area contributed by atoms with E-state index in [1.165, 1.54) is 4.57 Å². The van der Waals surface area contributed by atoms with Crippen molar-refractivity contribution in [3.05, 3.63) is 33.6 Å². The highest BCUT2D eigenvalue weighted by Crippen LogP contribution is 2.44. The first-order valence-corrected chi connectivity index (χ1v) is 8.52. The van der Waals surface area contributed by atoms with Crippen LogP contribution in [0.25, 0.3) is 10.9 Å². The van der Waals surface area contributed by atoms with E-state index in [1.54, 1.807) is 0 Å². The van der Waals surface area contributed by atoms with Crippen molar-refractivity contribution in [3.63, 3.8) is 0 Å². The molecular weight excluding hydrogens is 419 g/mol. The molecule has 0 unspecified atom stereocenters. The van der Waals surface area contributed by atoms with Gasteiger partial charge >= 0.3 is 18.1 Å². The number of nitrogens with zero attached hydrogens (tertiary/aromatic N) is 2. The van der Waals surface area contributed by atoms with Crippen LogP contribution in [0.5, 0.6) is 5.75 Å². The molecule has 0 radical (unpaired) electrons. The number of alkyl halides is 3. The lowest BCUT2D eigenvalue weighted by molar-refractivity contribution is -0.170. The monoisotopic (exact) mass is 434 g/mol. The molecule has 1 aliphatic rings. The number of ether oxygens (including phenoxy) is 2. The minimum absolute atomic E-state index is 0.208. The van der Waals surface area contributed by atoms with E-state index in [4.69, 9.17) is 4.74 Å². The first-order chi connectivity index (χ1) is 13.9. The number of fused-ring (bicyclic) bond motifs is 1. The van der Waals surface area contributed by atoms with Crippen molar-refractivity contribution in [2.75, 3.05) is 26.2 Å². The number of anilines is 1. The maximum absolute atomic E-state index is 14.8. The van der Waals surface area contributed by atoms with Crippen molar-refractivity contribution in [3.8, 4) is 5.75 Å². The van der Waals surface area contributed by atoms with Gasteiger partial charge < -0.3 is 18.9 Å². The standard InChI is InChI=1S/C18H15F5N2O5/c1-24(17(28)18(21,22)23)12-9-13(15(29-2)11(20)10(12)19)25(7-4-5-7)6-8(14(9)26)16(27)30-3/h6-7H,4-5H2,1-3H3. The summed E-state index contributed by atoms with van der Waals surface area (Å²) in [6.45, 7) is 0. The zero-order chi connectivity index (χ0) is 22.5. The molecule has 1 aliphatic carbocycles. The average molecular weight is 434 g/mol. The minimum atomic E-state index is -5.43. The SMILES string of the molecule is COC(=O)c1cn(C2CC2)c2c(OC)c(F)c(F)c(N(C)C(=O)C(F)(F)F)c2c1=O. The largest absolute Gasteiger partial charge is 0.491 e. The molecule has 12 heteroatoms. The summed E-state index contributed by atoms with van der Waals surface area (Å²) < 4.78 is 79.1. The van der Waals surface area contributed by atoms with Gasteiger partial charge in [0, 0.05) is 19.3 Å². The highest BCUT2D eigenvalue weighted by atomic mass is 19.4. The molecule has 0 saturated heterocycles. The summed E-state index contributed by atoms with van der Waals surface area (Å²) in [6.07, 6.45) is -3.27. The summed E-state index contributed by atoms with van der Waals surface area (Å²) in [5.41, 5.74) is -3.47. The third kappa shape index (κ3) is 3.25. The lowest BCUT2D eigenvalue weighted by Crippen LogP contribution is -2.40. The molecule has 1 amide bonds. The Labute approximate surface area is 165 Å². The van der Waals surface area contributed by atoms with Gasteiger partial charge in [-0.05, 0) is 12.8 Å². The molecule has 7 nitrogen and oxygen atoms in total. The molecule has 162 valence electrons. The van der Waals surface area contributed by atoms with Crippen LogP contribution in [0.3, 0.4) is 0 Å². The van der Waals surface area contributed by atoms with Crippen molar-refractivity contribution < 1.29 is 41.0 Å². The van der Waals surface area contributed by atoms with E-state index in [-0.39, 0.29) is 16.5 Å². The van der Waals surface area contributed by atoms with Crippen molar-refractivity contribution in [2.24, 2.45) is 0 Å². The summed E-state index contributed by atoms with van der Waals surface area (Å²) in [5, 5.41) is -0.805. The summed E-state index contributed by atoms with van der Waals surface area (Å²) in [7, 11) is 2.50. The lowest BCUT2D eigenvalue weighted by Gasteiger charge is -2.24. The van der Waals surface area contributed by atoms with Crippen molar-refractivity contribution in [2.45, 2.75) is 25.1 Å². The van der Waals surface area contributed by atoms with Crippen LogP contribution < -0.4 is 15.1 Å². The third-order valence-electron chi connectivity index (χ3n) is 4.72. The topological polar surface area (TPSA) is 77.8 Å². The molecule has 1 saturated carbocycles. The summed E-state index contributed by atoms with van der Waals surface area (Å²) >= 11 is 0. The number of carbonyl (C=O) groups excluding carboxylic acids is 2. The van der Waals surface area contributed by atoms with E-state index in [0.717, 1.165) is 20.4 Å². The maximum atomic E-state index is 14.8. The third-order valence-corrected chi connectivity index (χ3v) is 4.72. The number of amides is 1. The Morgan fingerprint density at radius 3 is 2.23 bits per heavy atom. The van der Waals surface area contributed by atoms with E-state index < -0.39 is 57.5 Å². The molecule has 0 bridgehead atoms. The average Bonchev–Trinajstić information content (AvgIpc) is 3.52. The molecule has 0 aliphatic heterocycles. The first kappa shape index (κ1) is 21.5. The molecule has 1 aromatic heterocycles. The van der Waals surface area contributed by atoms with Crippen LogP contribution in [0, 0.1) is 11.6 Å². The second-order valence-corrected chi connectivity index (χ2v) is 6.60. The second-order valence-electron chi connectivity index (χ2n) is 6.60. The van der Waals surface area contributed by atoms with Gasteiger partial charge in [-0.2, -0.15) is 17.6 Å². The molecule has 0 N–H and O–H groups in total. The normalized spacial score (nSPS) is 14.0. The molecule has 3 rings (SSSR count). The Kier molecular flexibility index (Phi) is 5.21. The Bertz CT molecular complexity index is 1120. The van der Waals surface area contributed by atoms with Crippen LogP contribution in [-0.4, -0.2) is 43.9 Å². The molecule has 2 aromatic rings. The summed E-state index contributed by atoms with van der Waals surface area (Å²) in [6, 6.07) is -0.341. The number of hydrogen-bond donors (Lipinski definition) is 0. The Balaban J connectivity index is 2.54. The van der Waals surface area contributed by atoms with E-state index in [0.29, 0.717) is 19.9 Å². The smallest absolute Gasteiger partial charge is 0.471 e. The maximum Gasteiger partial charge on any atom is 0.471 e. The second kappa shape index (κ2) is 7.26. The van der Waals surface area contributed by atoms with Crippen LogP contribution in [0.4, 0.5) is 27.6 Å². The van der Waals surface area contributed by atoms with E-state index in [9.17, 15) is 36.3 Å². The number of halogens is 5. The molecule has 0 spiro atoms. The molecule has 0 atom stereocenters. The first-order valence-electron chi connectivity index (χ1n) is 8.52. The van der Waals surface area contributed by atoms with Gasteiger partial charge in [-0.1, -0.05) is 0 Å². The number of carbonyl (C=O) groups is 2. The molecule has 1 heterocycles. The van der Waals surface area contributed by atoms with E-state index >= 15 is 0 Å².